The van der Waals surface area contributed by atoms with Crippen LogP contribution >= 0.6 is 0 Å². The molecule has 2 aromatic carbocycles. The van der Waals surface area contributed by atoms with Crippen LogP contribution in [0, 0.1) is 41.3 Å². The van der Waals surface area contributed by atoms with E-state index in [9.17, 15) is 9.50 Å². The van der Waals surface area contributed by atoms with Crippen LogP contribution in [-0.2, 0) is 11.3 Å². The fourth-order valence-corrected chi connectivity index (χ4v) is 7.73. The minimum absolute atomic E-state index is 0.0852. The second kappa shape index (κ2) is 11.1. The van der Waals surface area contributed by atoms with Crippen molar-refractivity contribution in [2.45, 2.75) is 39.2 Å². The first-order chi connectivity index (χ1) is 21.9. The maximum atomic E-state index is 14.8. The van der Waals surface area contributed by atoms with Crippen LogP contribution in [0.15, 0.2) is 30.6 Å². The highest BCUT2D eigenvalue weighted by Crippen LogP contribution is 2.48. The highest BCUT2D eigenvalue weighted by molar-refractivity contribution is 5.92. The number of hydrogen-bond donors (Lipinski definition) is 1. The number of halogens is 1. The third kappa shape index (κ3) is 5.36. The Labute approximate surface area is 262 Å². The molecule has 8 rings (SSSR count). The summed E-state index contributed by atoms with van der Waals surface area (Å²) >= 11 is 0. The Morgan fingerprint density at radius 2 is 1.98 bits per heavy atom. The third-order valence-corrected chi connectivity index (χ3v) is 10.3. The number of aromatic nitrogens is 4. The van der Waals surface area contributed by atoms with Crippen LogP contribution in [-0.4, -0.2) is 82.1 Å². The Balaban J connectivity index is 1.12. The number of benzene rings is 2. The van der Waals surface area contributed by atoms with Crippen LogP contribution in [0.5, 0.6) is 11.6 Å². The van der Waals surface area contributed by atoms with E-state index in [-0.39, 0.29) is 23.3 Å². The summed E-state index contributed by atoms with van der Waals surface area (Å²) in [6, 6.07) is 6.22. The van der Waals surface area contributed by atoms with Crippen molar-refractivity contribution in [1.29, 1.82) is 0 Å². The molecule has 9 nitrogen and oxygen atoms in total. The van der Waals surface area contributed by atoms with Crippen molar-refractivity contribution >= 4 is 27.9 Å². The summed E-state index contributed by atoms with van der Waals surface area (Å²) in [5.74, 6) is 5.14. The van der Waals surface area contributed by atoms with E-state index in [1.807, 2.05) is 4.57 Å². The molecule has 1 saturated carbocycles. The fourth-order valence-electron chi connectivity index (χ4n) is 7.73. The van der Waals surface area contributed by atoms with Crippen molar-refractivity contribution in [1.82, 2.24) is 24.4 Å². The van der Waals surface area contributed by atoms with E-state index >= 15 is 0 Å². The van der Waals surface area contributed by atoms with Gasteiger partial charge in [0.15, 0.2) is 11.2 Å². The van der Waals surface area contributed by atoms with E-state index in [1.165, 1.54) is 12.5 Å². The van der Waals surface area contributed by atoms with Gasteiger partial charge in [-0.15, -0.1) is 6.42 Å². The number of piperidine rings is 1. The molecule has 0 spiro atoms. The van der Waals surface area contributed by atoms with E-state index in [4.69, 9.17) is 30.8 Å². The molecule has 234 valence electrons. The molecule has 1 N–H and O–H groups in total. The normalized spacial score (nSPS) is 24.3. The Bertz CT molecular complexity index is 1800. The molecular formula is C35H39FN6O3. The summed E-state index contributed by atoms with van der Waals surface area (Å²) < 4.78 is 29.0. The van der Waals surface area contributed by atoms with Gasteiger partial charge in [-0.3, -0.25) is 0 Å². The molecule has 2 aromatic heterocycles. The number of ether oxygens (including phenoxy) is 2. The summed E-state index contributed by atoms with van der Waals surface area (Å²) in [4.78, 5) is 19.6. The van der Waals surface area contributed by atoms with Crippen LogP contribution in [0.25, 0.3) is 21.9 Å². The number of terminal acetylenes is 1. The number of anilines is 1. The number of phenolic OH excluding ortho intramolecular Hbond substituents is 1. The highest BCUT2D eigenvalue weighted by atomic mass is 19.1. The lowest BCUT2D eigenvalue weighted by molar-refractivity contribution is 0.133. The molecular weight excluding hydrogens is 571 g/mol. The van der Waals surface area contributed by atoms with Crippen molar-refractivity contribution in [3.05, 3.63) is 47.5 Å². The second-order valence-corrected chi connectivity index (χ2v) is 13.9. The van der Waals surface area contributed by atoms with Crippen molar-refractivity contribution < 1.29 is 19.0 Å². The molecule has 10 heteroatoms. The largest absolute Gasteiger partial charge is 0.508 e. The minimum Gasteiger partial charge on any atom is -0.508 e. The number of hydrogen-bond acceptors (Lipinski definition) is 8. The van der Waals surface area contributed by atoms with Crippen molar-refractivity contribution in [3.8, 4) is 24.0 Å². The molecule has 4 fully saturated rings. The minimum atomic E-state index is -0.466. The van der Waals surface area contributed by atoms with Gasteiger partial charge in [0.25, 0.3) is 0 Å². The highest BCUT2D eigenvalue weighted by Gasteiger charge is 2.48. The fraction of sp³-hybridized carbons (Fsp3) is 0.514. The van der Waals surface area contributed by atoms with Gasteiger partial charge in [0.1, 0.15) is 11.6 Å². The van der Waals surface area contributed by atoms with E-state index in [2.05, 4.69) is 22.6 Å². The standard InChI is InChI=1S/C35H39FN6O3/c1-3-28-29(36)7-6-23-11-27(43)12-24(30(23)28)16-42-21-37-31-32(42)38-34(41-10-4-5-22(2)13-41)39-33(31)45-20-35(8-9-35)19-40-14-25-17-44-18-26(25)15-40/h1,6-7,11-12,21-22,25-26,43H,4-5,8-10,13-20H2,2H3/t22-,25?,26?/m1/s1. The Hall–Kier alpha value is -3.94. The van der Waals surface area contributed by atoms with E-state index in [0.717, 1.165) is 65.2 Å². The predicted octanol–water partition coefficient (Wildman–Crippen LogP) is 4.83. The summed E-state index contributed by atoms with van der Waals surface area (Å²) in [6.45, 7) is 9.95. The number of imidazole rings is 1. The summed E-state index contributed by atoms with van der Waals surface area (Å²) in [5.41, 5.74) is 2.23. The predicted molar refractivity (Wildman–Crippen MR) is 170 cm³/mol. The number of fused-ring (bicyclic) bond motifs is 3. The van der Waals surface area contributed by atoms with Gasteiger partial charge in [-0.1, -0.05) is 18.9 Å². The number of likely N-dealkylation sites (tertiary alicyclic amines) is 1. The van der Waals surface area contributed by atoms with Crippen LogP contribution in [0.2, 0.25) is 0 Å². The Morgan fingerprint density at radius 1 is 1.16 bits per heavy atom. The maximum Gasteiger partial charge on any atom is 0.247 e. The lowest BCUT2D eigenvalue weighted by Gasteiger charge is -2.31. The van der Waals surface area contributed by atoms with Gasteiger partial charge in [-0.25, -0.2) is 9.37 Å². The molecule has 0 bridgehead atoms. The lowest BCUT2D eigenvalue weighted by Crippen LogP contribution is -2.35. The molecule has 0 amide bonds. The molecule has 45 heavy (non-hydrogen) atoms. The van der Waals surface area contributed by atoms with Gasteiger partial charge in [0, 0.05) is 55.4 Å². The van der Waals surface area contributed by atoms with Crippen LogP contribution < -0.4 is 9.64 Å². The maximum absolute atomic E-state index is 14.8. The SMILES string of the molecule is C#Cc1c(F)ccc2cc(O)cc(Cn3cnc4c(OCC5(CN6CC7COCC7C6)CC5)nc(N5CCC[C@@H](C)C5)nc43)c12. The van der Waals surface area contributed by atoms with Crippen molar-refractivity contribution in [3.63, 3.8) is 0 Å². The zero-order valence-corrected chi connectivity index (χ0v) is 25.7. The van der Waals surface area contributed by atoms with Gasteiger partial charge in [-0.05, 0) is 60.7 Å². The molecule has 0 radical (unpaired) electrons. The molecule has 1 aliphatic carbocycles. The van der Waals surface area contributed by atoms with Gasteiger partial charge in [-0.2, -0.15) is 9.97 Å². The zero-order valence-electron chi connectivity index (χ0n) is 25.7. The first-order valence-electron chi connectivity index (χ1n) is 16.2. The smallest absolute Gasteiger partial charge is 0.247 e. The third-order valence-electron chi connectivity index (χ3n) is 10.3. The van der Waals surface area contributed by atoms with Gasteiger partial charge >= 0.3 is 0 Å². The Kier molecular flexibility index (Phi) is 7.06. The van der Waals surface area contributed by atoms with Crippen molar-refractivity contribution in [2.75, 3.05) is 57.4 Å². The average molecular weight is 611 g/mol. The average Bonchev–Trinajstić information content (AvgIpc) is 3.28. The number of aromatic hydroxyl groups is 1. The molecule has 3 aliphatic heterocycles. The zero-order chi connectivity index (χ0) is 30.7. The Morgan fingerprint density at radius 3 is 2.73 bits per heavy atom. The molecule has 4 aromatic rings. The number of phenols is 1. The van der Waals surface area contributed by atoms with E-state index in [0.29, 0.717) is 63.7 Å². The van der Waals surface area contributed by atoms with Gasteiger partial charge in [0.2, 0.25) is 11.8 Å². The summed E-state index contributed by atoms with van der Waals surface area (Å²) in [7, 11) is 0. The number of rotatable bonds is 8. The van der Waals surface area contributed by atoms with Gasteiger partial charge in [0.05, 0.1) is 38.3 Å². The summed E-state index contributed by atoms with van der Waals surface area (Å²) in [5, 5.41) is 11.8. The van der Waals surface area contributed by atoms with E-state index in [1.54, 1.807) is 24.5 Å². The first-order valence-corrected chi connectivity index (χ1v) is 16.2. The molecule has 3 atom stereocenters. The molecule has 4 aliphatic rings. The van der Waals surface area contributed by atoms with Crippen LogP contribution in [0.1, 0.15) is 43.7 Å². The quantitative estimate of drug-likeness (QED) is 0.284. The second-order valence-electron chi connectivity index (χ2n) is 13.9. The van der Waals surface area contributed by atoms with Crippen LogP contribution in [0.3, 0.4) is 0 Å². The monoisotopic (exact) mass is 610 g/mol. The first kappa shape index (κ1) is 28.5. The summed E-state index contributed by atoms with van der Waals surface area (Å²) in [6.07, 6.45) is 12.0. The van der Waals surface area contributed by atoms with Crippen molar-refractivity contribution in [2.24, 2.45) is 23.2 Å². The molecule has 2 unspecified atom stereocenters. The topological polar surface area (TPSA) is 88.8 Å². The lowest BCUT2D eigenvalue weighted by atomic mass is 9.98. The number of nitrogens with zero attached hydrogens (tertiary/aromatic N) is 6. The van der Waals surface area contributed by atoms with Gasteiger partial charge < -0.3 is 28.9 Å². The van der Waals surface area contributed by atoms with Crippen LogP contribution in [0.4, 0.5) is 10.3 Å². The molecule has 5 heterocycles. The molecule has 3 saturated heterocycles. The van der Waals surface area contributed by atoms with E-state index < -0.39 is 5.82 Å².